The van der Waals surface area contributed by atoms with E-state index in [0.717, 1.165) is 18.2 Å². The van der Waals surface area contributed by atoms with Gasteiger partial charge in [-0.2, -0.15) is 4.99 Å². The highest BCUT2D eigenvalue weighted by molar-refractivity contribution is 8.14. The molecule has 102 valence electrons. The molecule has 6 nitrogen and oxygen atoms in total. The maximum atomic E-state index is 11.7. The summed E-state index contributed by atoms with van der Waals surface area (Å²) in [4.78, 5) is 15.3. The lowest BCUT2D eigenvalue weighted by Crippen LogP contribution is -2.42. The molecule has 1 fully saturated rings. The zero-order valence-corrected chi connectivity index (χ0v) is 11.4. The highest BCUT2D eigenvalue weighted by Gasteiger charge is 2.22. The number of thioether (sulfide) groups is 1. The van der Waals surface area contributed by atoms with E-state index in [-0.39, 0.29) is 28.8 Å². The average molecular weight is 271 g/mol. The first-order valence-electron chi connectivity index (χ1n) is 6.09. The molecule has 0 heterocycles. The Labute approximate surface area is 111 Å². The number of nitrogens with two attached hydrogens (primary N) is 2. The number of nitrogens with one attached hydrogen (secondary N) is 2. The molecule has 6 N–H and O–H groups in total. The second-order valence-corrected chi connectivity index (χ2v) is 5.53. The Morgan fingerprint density at radius 1 is 1.44 bits per heavy atom. The van der Waals surface area contributed by atoms with Crippen molar-refractivity contribution in [1.82, 2.24) is 5.32 Å². The Balaban J connectivity index is 2.29. The van der Waals surface area contributed by atoms with E-state index in [2.05, 4.69) is 17.2 Å². The fourth-order valence-corrected chi connectivity index (χ4v) is 2.58. The van der Waals surface area contributed by atoms with Gasteiger partial charge in [0, 0.05) is 6.04 Å². The maximum Gasteiger partial charge on any atom is 0.230 e. The zero-order chi connectivity index (χ0) is 13.5. The Bertz CT molecular complexity index is 340. The molecule has 1 amide bonds. The number of hydrogen-bond acceptors (Lipinski definition) is 3. The van der Waals surface area contributed by atoms with Crippen molar-refractivity contribution in [2.24, 2.45) is 22.4 Å². The van der Waals surface area contributed by atoms with Crippen LogP contribution in [0.15, 0.2) is 4.99 Å². The summed E-state index contributed by atoms with van der Waals surface area (Å²) in [5, 5.41) is 10.4. The van der Waals surface area contributed by atoms with Crippen molar-refractivity contribution >= 4 is 28.8 Å². The van der Waals surface area contributed by atoms with Crippen molar-refractivity contribution in [3.8, 4) is 0 Å². The number of amides is 1. The number of hydrogen-bond donors (Lipinski definition) is 4. The molecular weight excluding hydrogens is 250 g/mol. The monoisotopic (exact) mass is 271 g/mol. The van der Waals surface area contributed by atoms with E-state index in [0.29, 0.717) is 5.92 Å². The standard InChI is InChI=1S/C11H21N5OS/c1-7-4-2-3-5-8(7)15-9(17)6-18-11(14)16-10(12)13/h7-8H,2-6H2,1H3,(H,15,17)(H5,12,13,14,16). The quantitative estimate of drug-likeness (QED) is 0.444. The van der Waals surface area contributed by atoms with Gasteiger partial charge in [-0.05, 0) is 18.8 Å². The van der Waals surface area contributed by atoms with Gasteiger partial charge in [0.2, 0.25) is 5.91 Å². The van der Waals surface area contributed by atoms with Crippen molar-refractivity contribution in [2.45, 2.75) is 38.6 Å². The second kappa shape index (κ2) is 7.25. The number of rotatable bonds is 3. The van der Waals surface area contributed by atoms with E-state index in [1.165, 1.54) is 19.3 Å². The molecule has 0 aromatic rings. The third-order valence-corrected chi connectivity index (χ3v) is 3.80. The summed E-state index contributed by atoms with van der Waals surface area (Å²) < 4.78 is 0. The number of carbonyl (C=O) groups excluding carboxylic acids is 1. The summed E-state index contributed by atoms with van der Waals surface area (Å²) in [7, 11) is 0. The van der Waals surface area contributed by atoms with E-state index in [4.69, 9.17) is 16.9 Å². The Kier molecular flexibility index (Phi) is 5.97. The lowest BCUT2D eigenvalue weighted by molar-refractivity contribution is -0.119. The van der Waals surface area contributed by atoms with Crippen LogP contribution < -0.4 is 16.8 Å². The van der Waals surface area contributed by atoms with Crippen LogP contribution in [0.1, 0.15) is 32.6 Å². The zero-order valence-electron chi connectivity index (χ0n) is 10.6. The SMILES string of the molecule is CC1CCCCC1NC(=O)CSC(=N)N=C(N)N. The molecular formula is C11H21N5OS. The molecule has 1 aliphatic rings. The average Bonchev–Trinajstić information content (AvgIpc) is 2.29. The minimum Gasteiger partial charge on any atom is -0.370 e. The van der Waals surface area contributed by atoms with Crippen molar-refractivity contribution in [1.29, 1.82) is 5.41 Å². The molecule has 1 aliphatic carbocycles. The van der Waals surface area contributed by atoms with Gasteiger partial charge in [-0.3, -0.25) is 10.2 Å². The molecule has 7 heteroatoms. The van der Waals surface area contributed by atoms with Gasteiger partial charge in [-0.1, -0.05) is 31.5 Å². The largest absolute Gasteiger partial charge is 0.370 e. The molecule has 2 unspecified atom stereocenters. The maximum absolute atomic E-state index is 11.7. The fourth-order valence-electron chi connectivity index (χ4n) is 2.06. The van der Waals surface area contributed by atoms with Crippen LogP contribution in [-0.4, -0.2) is 28.8 Å². The molecule has 1 saturated carbocycles. The first kappa shape index (κ1) is 14.8. The van der Waals surface area contributed by atoms with E-state index in [1.54, 1.807) is 0 Å². The van der Waals surface area contributed by atoms with Crippen LogP contribution in [0.25, 0.3) is 0 Å². The first-order chi connectivity index (χ1) is 8.49. The van der Waals surface area contributed by atoms with Gasteiger partial charge in [0.25, 0.3) is 0 Å². The lowest BCUT2D eigenvalue weighted by Gasteiger charge is -2.29. The van der Waals surface area contributed by atoms with Gasteiger partial charge in [0.05, 0.1) is 5.75 Å². The summed E-state index contributed by atoms with van der Waals surface area (Å²) in [5.41, 5.74) is 10.3. The van der Waals surface area contributed by atoms with Crippen LogP contribution in [0, 0.1) is 11.3 Å². The molecule has 0 aromatic heterocycles. The van der Waals surface area contributed by atoms with E-state index < -0.39 is 0 Å². The number of carbonyl (C=O) groups is 1. The molecule has 0 bridgehead atoms. The van der Waals surface area contributed by atoms with E-state index in [1.807, 2.05) is 0 Å². The third-order valence-electron chi connectivity index (χ3n) is 3.03. The van der Waals surface area contributed by atoms with Gasteiger partial charge < -0.3 is 16.8 Å². The smallest absolute Gasteiger partial charge is 0.230 e. The van der Waals surface area contributed by atoms with Crippen molar-refractivity contribution in [3.63, 3.8) is 0 Å². The number of aliphatic imine (C=N–C) groups is 1. The van der Waals surface area contributed by atoms with Crippen LogP contribution >= 0.6 is 11.8 Å². The number of nitrogens with zero attached hydrogens (tertiary/aromatic N) is 1. The van der Waals surface area contributed by atoms with Gasteiger partial charge >= 0.3 is 0 Å². The van der Waals surface area contributed by atoms with Crippen molar-refractivity contribution < 1.29 is 4.79 Å². The summed E-state index contributed by atoms with van der Waals surface area (Å²) in [6.45, 7) is 2.17. The number of amidine groups is 1. The van der Waals surface area contributed by atoms with Crippen LogP contribution in [-0.2, 0) is 4.79 Å². The number of guanidine groups is 1. The van der Waals surface area contributed by atoms with Crippen LogP contribution in [0.2, 0.25) is 0 Å². The molecule has 2 atom stereocenters. The molecule has 18 heavy (non-hydrogen) atoms. The van der Waals surface area contributed by atoms with Gasteiger partial charge in [-0.15, -0.1) is 0 Å². The molecule has 0 radical (unpaired) electrons. The highest BCUT2D eigenvalue weighted by Crippen LogP contribution is 2.23. The minimum absolute atomic E-state index is 0.0400. The van der Waals surface area contributed by atoms with Gasteiger partial charge in [0.15, 0.2) is 11.1 Å². The third kappa shape index (κ3) is 5.39. The summed E-state index contributed by atoms with van der Waals surface area (Å²) >= 11 is 1.03. The molecule has 0 saturated heterocycles. The van der Waals surface area contributed by atoms with Crippen molar-refractivity contribution in [3.05, 3.63) is 0 Å². The van der Waals surface area contributed by atoms with Crippen LogP contribution in [0.3, 0.4) is 0 Å². The second-order valence-electron chi connectivity index (χ2n) is 4.57. The van der Waals surface area contributed by atoms with Crippen LogP contribution in [0.4, 0.5) is 0 Å². The first-order valence-corrected chi connectivity index (χ1v) is 7.08. The predicted molar refractivity (Wildman–Crippen MR) is 75.6 cm³/mol. The summed E-state index contributed by atoms with van der Waals surface area (Å²) in [5.74, 6) is 0.492. The Morgan fingerprint density at radius 2 is 2.11 bits per heavy atom. The summed E-state index contributed by atoms with van der Waals surface area (Å²) in [6.07, 6.45) is 4.63. The molecule has 1 rings (SSSR count). The van der Waals surface area contributed by atoms with Crippen molar-refractivity contribution in [2.75, 3.05) is 5.75 Å². The lowest BCUT2D eigenvalue weighted by atomic mass is 9.86. The predicted octanol–water partition coefficient (Wildman–Crippen LogP) is 0.623. The minimum atomic E-state index is -0.159. The Hall–Kier alpha value is -1.24. The topological polar surface area (TPSA) is 117 Å². The van der Waals surface area contributed by atoms with E-state index in [9.17, 15) is 4.79 Å². The fraction of sp³-hybridized carbons (Fsp3) is 0.727. The molecule has 0 spiro atoms. The molecule has 0 aromatic carbocycles. The van der Waals surface area contributed by atoms with Crippen LogP contribution in [0.5, 0.6) is 0 Å². The summed E-state index contributed by atoms with van der Waals surface area (Å²) in [6, 6.07) is 0.268. The van der Waals surface area contributed by atoms with Gasteiger partial charge in [-0.25, -0.2) is 0 Å². The Morgan fingerprint density at radius 3 is 2.72 bits per heavy atom. The highest BCUT2D eigenvalue weighted by atomic mass is 32.2. The molecule has 0 aliphatic heterocycles. The normalized spacial score (nSPS) is 23.2. The van der Waals surface area contributed by atoms with Gasteiger partial charge in [0.1, 0.15) is 0 Å². The van der Waals surface area contributed by atoms with E-state index >= 15 is 0 Å².